The van der Waals surface area contributed by atoms with Gasteiger partial charge in [-0.3, -0.25) is 14.9 Å². The Morgan fingerprint density at radius 1 is 1.14 bits per heavy atom. The number of hydrogen-bond donors (Lipinski definition) is 1. The minimum atomic E-state index is -0.443. The van der Waals surface area contributed by atoms with E-state index in [1.54, 1.807) is 6.08 Å². The van der Waals surface area contributed by atoms with Crippen molar-refractivity contribution in [2.45, 2.75) is 77.7 Å². The normalized spacial score (nSPS) is 19.6. The zero-order chi connectivity index (χ0) is 16.2. The molecule has 0 spiro atoms. The van der Waals surface area contributed by atoms with Crippen LogP contribution in [0.2, 0.25) is 0 Å². The van der Waals surface area contributed by atoms with Gasteiger partial charge in [-0.2, -0.15) is 0 Å². The van der Waals surface area contributed by atoms with Crippen molar-refractivity contribution in [1.82, 2.24) is 5.32 Å². The molecule has 0 aliphatic carbocycles. The molecule has 1 amide bonds. The molecular formula is C18H29NO3. The minimum absolute atomic E-state index is 0.139. The highest BCUT2D eigenvalue weighted by molar-refractivity contribution is 6.00. The van der Waals surface area contributed by atoms with Crippen LogP contribution in [0, 0.1) is 0 Å². The third-order valence-corrected chi connectivity index (χ3v) is 3.66. The van der Waals surface area contributed by atoms with Crippen LogP contribution in [-0.4, -0.2) is 17.8 Å². The van der Waals surface area contributed by atoms with Crippen molar-refractivity contribution < 1.29 is 14.3 Å². The summed E-state index contributed by atoms with van der Waals surface area (Å²) in [6.45, 7) is 4.27. The molecule has 0 radical (unpaired) electrons. The van der Waals surface area contributed by atoms with E-state index in [9.17, 15) is 9.59 Å². The molecule has 1 heterocycles. The molecular weight excluding hydrogens is 278 g/mol. The van der Waals surface area contributed by atoms with Crippen molar-refractivity contribution >= 4 is 11.7 Å². The Hall–Kier alpha value is -1.58. The van der Waals surface area contributed by atoms with Crippen LogP contribution in [0.15, 0.2) is 24.1 Å². The number of amides is 1. The van der Waals surface area contributed by atoms with Crippen molar-refractivity contribution in [2.24, 2.45) is 0 Å². The Balaban J connectivity index is 2.27. The molecule has 124 valence electrons. The highest BCUT2D eigenvalue weighted by Gasteiger charge is 2.28. The largest absolute Gasteiger partial charge is 0.465 e. The second-order valence-electron chi connectivity index (χ2n) is 5.75. The first kappa shape index (κ1) is 18.5. The molecule has 0 aromatic heterocycles. The number of allylic oxidation sites excluding steroid dienone is 3. The van der Waals surface area contributed by atoms with E-state index in [0.717, 1.165) is 25.7 Å². The standard InChI is InChI=1S/C18H29NO3/c1-3-5-7-8-9-10-11-12-15(20)14-17-19-18(21)16(22-17)13-6-4-2/h11-12,14,16H,3-10,13H2,1-2H3,(H,19,21)/b12-11+,17-14+/t16-/m0/s1. The maximum Gasteiger partial charge on any atom is 0.267 e. The summed E-state index contributed by atoms with van der Waals surface area (Å²) in [6, 6.07) is 0. The Morgan fingerprint density at radius 2 is 1.86 bits per heavy atom. The second kappa shape index (κ2) is 11.0. The van der Waals surface area contributed by atoms with Gasteiger partial charge in [-0.1, -0.05) is 52.0 Å². The lowest BCUT2D eigenvalue weighted by Crippen LogP contribution is -2.22. The first-order chi connectivity index (χ1) is 10.7. The number of carbonyl (C=O) groups excluding carboxylic acids is 2. The zero-order valence-electron chi connectivity index (χ0n) is 13.9. The average Bonchev–Trinajstić information content (AvgIpc) is 2.83. The fourth-order valence-electron chi connectivity index (χ4n) is 2.33. The SMILES string of the molecule is CCCCCCC/C=C/C(=O)/C=C1\NC(=O)[C@H](CCCC)O1. The van der Waals surface area contributed by atoms with Crippen molar-refractivity contribution in [1.29, 1.82) is 0 Å². The van der Waals surface area contributed by atoms with Gasteiger partial charge < -0.3 is 4.74 Å². The fourth-order valence-corrected chi connectivity index (χ4v) is 2.33. The van der Waals surface area contributed by atoms with E-state index in [1.807, 2.05) is 6.08 Å². The number of hydrogen-bond acceptors (Lipinski definition) is 3. The molecule has 1 aliphatic rings. The minimum Gasteiger partial charge on any atom is -0.465 e. The maximum absolute atomic E-state index is 11.8. The molecule has 4 nitrogen and oxygen atoms in total. The van der Waals surface area contributed by atoms with Gasteiger partial charge in [0, 0.05) is 6.08 Å². The van der Waals surface area contributed by atoms with E-state index >= 15 is 0 Å². The van der Waals surface area contributed by atoms with Gasteiger partial charge in [0.2, 0.25) is 0 Å². The highest BCUT2D eigenvalue weighted by Crippen LogP contribution is 2.15. The van der Waals surface area contributed by atoms with Crippen LogP contribution in [0.5, 0.6) is 0 Å². The van der Waals surface area contributed by atoms with Gasteiger partial charge in [0.25, 0.3) is 5.91 Å². The van der Waals surface area contributed by atoms with Gasteiger partial charge in [0.1, 0.15) is 0 Å². The van der Waals surface area contributed by atoms with E-state index in [2.05, 4.69) is 19.2 Å². The average molecular weight is 307 g/mol. The third kappa shape index (κ3) is 7.43. The molecule has 0 unspecified atom stereocenters. The monoisotopic (exact) mass is 307 g/mol. The molecule has 0 aromatic rings. The van der Waals surface area contributed by atoms with Crippen LogP contribution < -0.4 is 5.32 Å². The van der Waals surface area contributed by atoms with E-state index in [0.29, 0.717) is 6.42 Å². The molecule has 1 rings (SSSR count). The van der Waals surface area contributed by atoms with E-state index in [4.69, 9.17) is 4.74 Å². The van der Waals surface area contributed by atoms with E-state index in [1.165, 1.54) is 31.8 Å². The van der Waals surface area contributed by atoms with Crippen LogP contribution >= 0.6 is 0 Å². The van der Waals surface area contributed by atoms with Gasteiger partial charge >= 0.3 is 0 Å². The molecule has 4 heteroatoms. The molecule has 0 saturated carbocycles. The molecule has 1 fully saturated rings. The first-order valence-electron chi connectivity index (χ1n) is 8.57. The summed E-state index contributed by atoms with van der Waals surface area (Å²) in [5, 5.41) is 2.61. The van der Waals surface area contributed by atoms with Gasteiger partial charge in [0.15, 0.2) is 17.8 Å². The molecule has 0 aromatic carbocycles. The van der Waals surface area contributed by atoms with Crippen LogP contribution in [0.1, 0.15) is 71.6 Å². The summed E-state index contributed by atoms with van der Waals surface area (Å²) >= 11 is 0. The summed E-state index contributed by atoms with van der Waals surface area (Å²) in [6.07, 6.45) is 14.1. The summed E-state index contributed by atoms with van der Waals surface area (Å²) in [5.41, 5.74) is 0. The predicted octanol–water partition coefficient (Wildman–Crippen LogP) is 4.02. The summed E-state index contributed by atoms with van der Waals surface area (Å²) in [4.78, 5) is 23.4. The Labute approximate surface area is 134 Å². The van der Waals surface area contributed by atoms with Crippen molar-refractivity contribution in [3.8, 4) is 0 Å². The second-order valence-corrected chi connectivity index (χ2v) is 5.75. The van der Waals surface area contributed by atoms with E-state index in [-0.39, 0.29) is 17.6 Å². The zero-order valence-corrected chi connectivity index (χ0v) is 13.9. The smallest absolute Gasteiger partial charge is 0.267 e. The number of nitrogens with one attached hydrogen (secondary N) is 1. The van der Waals surface area contributed by atoms with Crippen molar-refractivity contribution in [3.63, 3.8) is 0 Å². The van der Waals surface area contributed by atoms with Gasteiger partial charge in [-0.15, -0.1) is 0 Å². The van der Waals surface area contributed by atoms with Crippen LogP contribution in [0.3, 0.4) is 0 Å². The van der Waals surface area contributed by atoms with Gasteiger partial charge in [-0.25, -0.2) is 0 Å². The van der Waals surface area contributed by atoms with Crippen molar-refractivity contribution in [2.75, 3.05) is 0 Å². The molecule has 1 aliphatic heterocycles. The summed E-state index contributed by atoms with van der Waals surface area (Å²) < 4.78 is 5.46. The number of carbonyl (C=O) groups is 2. The Kier molecular flexibility index (Phi) is 9.28. The summed E-state index contributed by atoms with van der Waals surface area (Å²) in [5.74, 6) is -0.00361. The molecule has 1 N–H and O–H groups in total. The van der Waals surface area contributed by atoms with Gasteiger partial charge in [0.05, 0.1) is 0 Å². The van der Waals surface area contributed by atoms with Gasteiger partial charge in [-0.05, 0) is 31.8 Å². The Morgan fingerprint density at radius 3 is 2.59 bits per heavy atom. The molecule has 0 bridgehead atoms. The topological polar surface area (TPSA) is 55.4 Å². The molecule has 1 saturated heterocycles. The van der Waals surface area contributed by atoms with Crippen LogP contribution in [0.25, 0.3) is 0 Å². The Bertz CT molecular complexity index is 413. The number of unbranched alkanes of at least 4 members (excludes halogenated alkanes) is 6. The highest BCUT2D eigenvalue weighted by atomic mass is 16.5. The van der Waals surface area contributed by atoms with Crippen LogP contribution in [0.4, 0.5) is 0 Å². The first-order valence-corrected chi connectivity index (χ1v) is 8.57. The fraction of sp³-hybridized carbons (Fsp3) is 0.667. The number of rotatable bonds is 11. The number of ether oxygens (including phenoxy) is 1. The molecule has 22 heavy (non-hydrogen) atoms. The van der Waals surface area contributed by atoms with Crippen LogP contribution in [-0.2, 0) is 14.3 Å². The lowest BCUT2D eigenvalue weighted by atomic mass is 10.1. The maximum atomic E-state index is 11.8. The van der Waals surface area contributed by atoms with E-state index < -0.39 is 6.10 Å². The quantitative estimate of drug-likeness (QED) is 0.463. The van der Waals surface area contributed by atoms with Crippen molar-refractivity contribution in [3.05, 3.63) is 24.1 Å². The number of ketones is 1. The lowest BCUT2D eigenvalue weighted by molar-refractivity contribution is -0.123. The summed E-state index contributed by atoms with van der Waals surface area (Å²) in [7, 11) is 0. The lowest BCUT2D eigenvalue weighted by Gasteiger charge is -2.05. The molecule has 1 atom stereocenters. The predicted molar refractivity (Wildman–Crippen MR) is 88.1 cm³/mol. The third-order valence-electron chi connectivity index (χ3n) is 3.66.